The van der Waals surface area contributed by atoms with Crippen molar-refractivity contribution in [3.63, 3.8) is 0 Å². The highest BCUT2D eigenvalue weighted by molar-refractivity contribution is 5.26. The predicted molar refractivity (Wildman–Crippen MR) is 120 cm³/mol. The molecule has 158 valence electrons. The Morgan fingerprint density at radius 3 is 2.45 bits per heavy atom. The van der Waals surface area contributed by atoms with Gasteiger partial charge in [0.1, 0.15) is 6.61 Å². The average Bonchev–Trinajstić information content (AvgIpc) is 3.35. The van der Waals surface area contributed by atoms with Gasteiger partial charge in [-0.25, -0.2) is 0 Å². The van der Waals surface area contributed by atoms with Crippen LogP contribution < -0.4 is 10.3 Å². The van der Waals surface area contributed by atoms with E-state index in [1.807, 2.05) is 60.8 Å². The number of aromatic nitrogens is 4. The average molecular weight is 415 g/mol. The molecule has 0 aliphatic heterocycles. The van der Waals surface area contributed by atoms with Gasteiger partial charge in [0.05, 0.1) is 11.9 Å². The molecule has 4 rings (SSSR count). The van der Waals surface area contributed by atoms with Crippen molar-refractivity contribution < 1.29 is 4.74 Å². The summed E-state index contributed by atoms with van der Waals surface area (Å²) in [4.78, 5) is 12.7. The second-order valence-electron chi connectivity index (χ2n) is 7.50. The Kier molecular flexibility index (Phi) is 6.90. The van der Waals surface area contributed by atoms with E-state index in [9.17, 15) is 4.79 Å². The van der Waals surface area contributed by atoms with Crippen LogP contribution in [0.5, 0.6) is 5.75 Å². The Morgan fingerprint density at radius 1 is 0.935 bits per heavy atom. The number of nitrogens with zero attached hydrogens (tertiary/aromatic N) is 3. The Labute approximate surface area is 181 Å². The summed E-state index contributed by atoms with van der Waals surface area (Å²) in [6, 6.07) is 23.8. The molecule has 0 spiro atoms. The second-order valence-corrected chi connectivity index (χ2v) is 7.50. The first-order chi connectivity index (χ1) is 15.3. The summed E-state index contributed by atoms with van der Waals surface area (Å²) < 4.78 is 7.49. The molecule has 31 heavy (non-hydrogen) atoms. The van der Waals surface area contributed by atoms with E-state index in [-0.39, 0.29) is 11.5 Å². The first kappa shape index (κ1) is 20.6. The molecule has 6 nitrogen and oxygen atoms in total. The van der Waals surface area contributed by atoms with Crippen LogP contribution in [0.1, 0.15) is 42.0 Å². The monoisotopic (exact) mass is 414 g/mol. The summed E-state index contributed by atoms with van der Waals surface area (Å²) in [5, 5.41) is 11.0. The maximum Gasteiger partial charge on any atom is 0.292 e. The molecule has 2 aromatic heterocycles. The molecule has 0 aliphatic carbocycles. The number of hydrogen-bond acceptors (Lipinski definition) is 4. The lowest BCUT2D eigenvalue weighted by molar-refractivity contribution is 0.298. The van der Waals surface area contributed by atoms with Crippen molar-refractivity contribution in [3.05, 3.63) is 112 Å². The van der Waals surface area contributed by atoms with Gasteiger partial charge in [-0.3, -0.25) is 4.79 Å². The van der Waals surface area contributed by atoms with E-state index in [1.54, 1.807) is 16.8 Å². The lowest BCUT2D eigenvalue weighted by atomic mass is 9.91. The van der Waals surface area contributed by atoms with E-state index < -0.39 is 0 Å². The van der Waals surface area contributed by atoms with Gasteiger partial charge in [-0.2, -0.15) is 15.4 Å². The lowest BCUT2D eigenvalue weighted by Gasteiger charge is -2.15. The molecule has 0 fully saturated rings. The SMILES string of the molecule is O=c1c(OCc2ccccc2)cccn1CCCCC(c1ccccc1)c1cn[nH]n1. The minimum Gasteiger partial charge on any atom is -0.483 e. The van der Waals surface area contributed by atoms with Crippen LogP contribution in [0.15, 0.2) is 90.0 Å². The van der Waals surface area contributed by atoms with Gasteiger partial charge in [0.25, 0.3) is 5.56 Å². The third kappa shape index (κ3) is 5.48. The highest BCUT2D eigenvalue weighted by Crippen LogP contribution is 2.27. The second kappa shape index (κ2) is 10.4. The zero-order valence-corrected chi connectivity index (χ0v) is 17.4. The molecular formula is C25H26N4O2. The highest BCUT2D eigenvalue weighted by atomic mass is 16.5. The van der Waals surface area contributed by atoms with Crippen LogP contribution >= 0.6 is 0 Å². The smallest absolute Gasteiger partial charge is 0.292 e. The molecule has 0 saturated heterocycles. The minimum absolute atomic E-state index is 0.0884. The third-order valence-electron chi connectivity index (χ3n) is 5.36. The van der Waals surface area contributed by atoms with Crippen molar-refractivity contribution in [2.24, 2.45) is 0 Å². The van der Waals surface area contributed by atoms with Crippen molar-refractivity contribution in [3.8, 4) is 5.75 Å². The Balaban J connectivity index is 1.34. The largest absolute Gasteiger partial charge is 0.483 e. The fraction of sp³-hybridized carbons (Fsp3) is 0.240. The number of H-pyrrole nitrogens is 1. The molecule has 0 saturated carbocycles. The number of ether oxygens (including phenoxy) is 1. The first-order valence-corrected chi connectivity index (χ1v) is 10.6. The molecule has 6 heteroatoms. The third-order valence-corrected chi connectivity index (χ3v) is 5.36. The van der Waals surface area contributed by atoms with Crippen molar-refractivity contribution >= 4 is 0 Å². The maximum atomic E-state index is 12.7. The summed E-state index contributed by atoms with van der Waals surface area (Å²) in [7, 11) is 0. The van der Waals surface area contributed by atoms with Crippen LogP contribution in [0.2, 0.25) is 0 Å². The zero-order valence-electron chi connectivity index (χ0n) is 17.4. The number of unbranched alkanes of at least 4 members (excludes halogenated alkanes) is 1. The number of nitrogens with one attached hydrogen (secondary N) is 1. The molecule has 4 aromatic rings. The fourth-order valence-corrected chi connectivity index (χ4v) is 3.72. The number of aryl methyl sites for hydroxylation is 1. The Hall–Kier alpha value is -3.67. The van der Waals surface area contributed by atoms with E-state index in [0.717, 1.165) is 30.5 Å². The molecule has 0 bridgehead atoms. The van der Waals surface area contributed by atoms with Gasteiger partial charge >= 0.3 is 0 Å². The summed E-state index contributed by atoms with van der Waals surface area (Å²) in [5.41, 5.74) is 3.12. The fourth-order valence-electron chi connectivity index (χ4n) is 3.72. The highest BCUT2D eigenvalue weighted by Gasteiger charge is 2.16. The van der Waals surface area contributed by atoms with Crippen LogP contribution in [0.3, 0.4) is 0 Å². The van der Waals surface area contributed by atoms with Gasteiger partial charge in [-0.15, -0.1) is 0 Å². The van der Waals surface area contributed by atoms with Crippen LogP contribution in [0.25, 0.3) is 0 Å². The topological polar surface area (TPSA) is 72.8 Å². The number of rotatable bonds is 10. The van der Waals surface area contributed by atoms with Crippen LogP contribution in [0.4, 0.5) is 0 Å². The van der Waals surface area contributed by atoms with Crippen LogP contribution in [0, 0.1) is 0 Å². The maximum absolute atomic E-state index is 12.7. The first-order valence-electron chi connectivity index (χ1n) is 10.6. The number of aromatic amines is 1. The summed E-state index contributed by atoms with van der Waals surface area (Å²) >= 11 is 0. The lowest BCUT2D eigenvalue weighted by Crippen LogP contribution is -2.21. The van der Waals surface area contributed by atoms with Gasteiger partial charge in [-0.05, 0) is 36.1 Å². The van der Waals surface area contributed by atoms with E-state index in [2.05, 4.69) is 27.5 Å². The van der Waals surface area contributed by atoms with Gasteiger partial charge in [0.2, 0.25) is 0 Å². The van der Waals surface area contributed by atoms with Gasteiger partial charge < -0.3 is 9.30 Å². The van der Waals surface area contributed by atoms with Crippen LogP contribution in [-0.4, -0.2) is 20.0 Å². The molecule has 0 amide bonds. The van der Waals surface area contributed by atoms with Crippen molar-refractivity contribution in [2.75, 3.05) is 0 Å². The predicted octanol–water partition coefficient (Wildman–Crippen LogP) is 4.55. The Bertz CT molecular complexity index is 1110. The molecule has 2 heterocycles. The molecular weight excluding hydrogens is 388 g/mol. The quantitative estimate of drug-likeness (QED) is 0.387. The van der Waals surface area contributed by atoms with Gasteiger partial charge in [0.15, 0.2) is 5.75 Å². The van der Waals surface area contributed by atoms with Crippen molar-refractivity contribution in [2.45, 2.75) is 38.3 Å². The Morgan fingerprint density at radius 2 is 1.71 bits per heavy atom. The van der Waals surface area contributed by atoms with E-state index in [1.165, 1.54) is 5.56 Å². The minimum atomic E-state index is -0.0884. The molecule has 2 aromatic carbocycles. The zero-order chi connectivity index (χ0) is 21.3. The van der Waals surface area contributed by atoms with Gasteiger partial charge in [-0.1, -0.05) is 67.1 Å². The molecule has 1 atom stereocenters. The number of hydrogen-bond donors (Lipinski definition) is 1. The van der Waals surface area contributed by atoms with Crippen LogP contribution in [-0.2, 0) is 13.2 Å². The molecule has 0 aliphatic rings. The number of benzene rings is 2. The molecule has 1 N–H and O–H groups in total. The normalized spacial score (nSPS) is 11.9. The summed E-state index contributed by atoms with van der Waals surface area (Å²) in [5.74, 6) is 0.577. The van der Waals surface area contributed by atoms with Crippen molar-refractivity contribution in [1.82, 2.24) is 20.0 Å². The number of pyridine rings is 1. The van der Waals surface area contributed by atoms with E-state index in [0.29, 0.717) is 18.9 Å². The van der Waals surface area contributed by atoms with E-state index >= 15 is 0 Å². The van der Waals surface area contributed by atoms with Crippen molar-refractivity contribution in [1.29, 1.82) is 0 Å². The van der Waals surface area contributed by atoms with E-state index in [4.69, 9.17) is 4.74 Å². The summed E-state index contributed by atoms with van der Waals surface area (Å²) in [6.07, 6.45) is 6.41. The summed E-state index contributed by atoms with van der Waals surface area (Å²) in [6.45, 7) is 1.04. The molecule has 1 unspecified atom stereocenters. The molecule has 0 radical (unpaired) electrons. The standard InChI is InChI=1S/C25H26N4O2/c30-25-24(31-19-20-10-3-1-4-11-20)15-9-17-29(25)16-8-7-14-22(23-18-26-28-27-23)21-12-5-2-6-13-21/h1-6,9-13,15,17-18,22H,7-8,14,16,19H2,(H,26,27,28). The van der Waals surface area contributed by atoms with Gasteiger partial charge in [0, 0.05) is 18.7 Å².